The van der Waals surface area contributed by atoms with Crippen LogP contribution in [-0.4, -0.2) is 45.4 Å². The van der Waals surface area contributed by atoms with Gasteiger partial charge in [0.25, 0.3) is 5.82 Å². The van der Waals surface area contributed by atoms with E-state index in [0.29, 0.717) is 44.2 Å². The number of nitrogens with zero attached hydrogens (tertiary/aromatic N) is 6. The van der Waals surface area contributed by atoms with E-state index in [1.807, 2.05) is 28.0 Å². The number of hydrogen-bond donors (Lipinski definition) is 0. The van der Waals surface area contributed by atoms with Crippen LogP contribution in [0, 0.1) is 5.92 Å². The van der Waals surface area contributed by atoms with Gasteiger partial charge in [-0.2, -0.15) is 17.7 Å². The number of halogens is 3. The van der Waals surface area contributed by atoms with Crippen LogP contribution >= 0.6 is 0 Å². The number of amides is 1. The molecule has 4 heterocycles. The number of alkyl halides is 3. The lowest BCUT2D eigenvalue weighted by Crippen LogP contribution is -2.45. The van der Waals surface area contributed by atoms with Gasteiger partial charge in [0.05, 0.1) is 0 Å². The van der Waals surface area contributed by atoms with Gasteiger partial charge in [0.2, 0.25) is 5.91 Å². The average Bonchev–Trinajstić information content (AvgIpc) is 3.23. The first-order valence-electron chi connectivity index (χ1n) is 10.8. The molecule has 2 aliphatic rings. The molecular formula is C22H23F3N6O. The van der Waals surface area contributed by atoms with Gasteiger partial charge in [0.15, 0.2) is 5.65 Å². The van der Waals surface area contributed by atoms with Crippen LogP contribution in [0.1, 0.15) is 43.5 Å². The van der Waals surface area contributed by atoms with Gasteiger partial charge in [-0.05, 0) is 48.9 Å². The summed E-state index contributed by atoms with van der Waals surface area (Å²) in [5, 5.41) is 10.9. The third-order valence-electron chi connectivity index (χ3n) is 6.48. The van der Waals surface area contributed by atoms with Crippen molar-refractivity contribution in [1.29, 1.82) is 0 Å². The summed E-state index contributed by atoms with van der Waals surface area (Å²) in [6.07, 6.45) is -2.44. The van der Waals surface area contributed by atoms with E-state index in [1.165, 1.54) is 11.6 Å². The summed E-state index contributed by atoms with van der Waals surface area (Å²) in [4.78, 5) is 17.1. The second-order valence-corrected chi connectivity index (χ2v) is 8.48. The highest BCUT2D eigenvalue weighted by Crippen LogP contribution is 2.36. The minimum atomic E-state index is -4.63. The number of piperidine rings is 1. The van der Waals surface area contributed by atoms with E-state index in [9.17, 15) is 18.0 Å². The van der Waals surface area contributed by atoms with Crippen LogP contribution in [0.4, 0.5) is 24.7 Å². The average molecular weight is 444 g/mol. The number of benzene rings is 1. The van der Waals surface area contributed by atoms with Crippen molar-refractivity contribution in [3.05, 3.63) is 47.8 Å². The molecule has 0 N–H and O–H groups in total. The monoisotopic (exact) mass is 444 g/mol. The Morgan fingerprint density at radius 3 is 2.50 bits per heavy atom. The largest absolute Gasteiger partial charge is 0.453 e. The van der Waals surface area contributed by atoms with Gasteiger partial charge in [-0.1, -0.05) is 25.1 Å². The van der Waals surface area contributed by atoms with Crippen LogP contribution < -0.4 is 9.80 Å². The zero-order valence-electron chi connectivity index (χ0n) is 17.6. The van der Waals surface area contributed by atoms with Gasteiger partial charge in [-0.15, -0.1) is 15.3 Å². The Bertz CT molecular complexity index is 1150. The van der Waals surface area contributed by atoms with E-state index < -0.39 is 12.0 Å². The number of carbonyl (C=O) groups is 1. The van der Waals surface area contributed by atoms with Crippen molar-refractivity contribution in [3.8, 4) is 0 Å². The normalized spacial score (nSPS) is 19.9. The molecule has 1 atom stereocenters. The number of carbonyl (C=O) groups excluding carboxylic acids is 1. The number of aromatic nitrogens is 4. The Morgan fingerprint density at radius 1 is 1.00 bits per heavy atom. The molecule has 1 unspecified atom stereocenters. The van der Waals surface area contributed by atoms with Crippen LogP contribution in [0.15, 0.2) is 36.4 Å². The SMILES string of the molecule is CC1CCN(C(=O)C2CCN(c3ccc4nnc(C(F)(F)F)n4n3)CC2)c2ccccc21. The number of fused-ring (bicyclic) bond motifs is 2. The first kappa shape index (κ1) is 20.7. The first-order chi connectivity index (χ1) is 15.3. The van der Waals surface area contributed by atoms with Gasteiger partial charge >= 0.3 is 6.18 Å². The smallest absolute Gasteiger partial charge is 0.355 e. The predicted octanol–water partition coefficient (Wildman–Crippen LogP) is 3.90. The number of hydrogen-bond acceptors (Lipinski definition) is 5. The molecule has 0 bridgehead atoms. The third kappa shape index (κ3) is 3.57. The summed E-state index contributed by atoms with van der Waals surface area (Å²) in [6.45, 7) is 3.99. The molecule has 0 radical (unpaired) electrons. The lowest BCUT2D eigenvalue weighted by Gasteiger charge is -2.38. The van der Waals surface area contributed by atoms with Gasteiger partial charge < -0.3 is 9.80 Å². The molecule has 1 saturated heterocycles. The zero-order valence-corrected chi connectivity index (χ0v) is 17.6. The highest BCUT2D eigenvalue weighted by atomic mass is 19.4. The standard InChI is InChI=1S/C22H23F3N6O/c1-14-8-13-30(17-5-3-2-4-16(14)17)20(32)15-9-11-29(12-10-15)19-7-6-18-26-27-21(22(23,24)25)31(18)28-19/h2-7,14-15H,8-13H2,1H3. The fourth-order valence-electron chi connectivity index (χ4n) is 4.68. The molecule has 2 aromatic heterocycles. The van der Waals surface area contributed by atoms with Crippen molar-refractivity contribution < 1.29 is 18.0 Å². The molecule has 1 fully saturated rings. The van der Waals surface area contributed by atoms with Crippen LogP contribution in [0.25, 0.3) is 5.65 Å². The fourth-order valence-corrected chi connectivity index (χ4v) is 4.68. The summed E-state index contributed by atoms with van der Waals surface area (Å²) in [5.41, 5.74) is 2.25. The molecule has 32 heavy (non-hydrogen) atoms. The highest BCUT2D eigenvalue weighted by molar-refractivity contribution is 5.96. The molecule has 2 aliphatic heterocycles. The van der Waals surface area contributed by atoms with Gasteiger partial charge in [-0.3, -0.25) is 4.79 Å². The van der Waals surface area contributed by atoms with Crippen molar-refractivity contribution in [3.63, 3.8) is 0 Å². The molecule has 0 spiro atoms. The Labute approximate surface area is 182 Å². The minimum Gasteiger partial charge on any atom is -0.355 e. The summed E-state index contributed by atoms with van der Waals surface area (Å²) >= 11 is 0. The van der Waals surface area contributed by atoms with Crippen molar-refractivity contribution in [2.75, 3.05) is 29.4 Å². The quantitative estimate of drug-likeness (QED) is 0.600. The van der Waals surface area contributed by atoms with Crippen molar-refractivity contribution in [1.82, 2.24) is 19.8 Å². The van der Waals surface area contributed by atoms with Crippen LogP contribution in [0.2, 0.25) is 0 Å². The van der Waals surface area contributed by atoms with Crippen LogP contribution in [-0.2, 0) is 11.0 Å². The molecule has 1 aromatic carbocycles. The summed E-state index contributed by atoms with van der Waals surface area (Å²) in [7, 11) is 0. The molecule has 5 rings (SSSR count). The summed E-state index contributed by atoms with van der Waals surface area (Å²) in [6, 6.07) is 11.2. The molecule has 10 heteroatoms. The Kier molecular flexibility index (Phi) is 5.02. The second kappa shape index (κ2) is 7.75. The maximum absolute atomic E-state index is 13.3. The number of anilines is 2. The highest BCUT2D eigenvalue weighted by Gasteiger charge is 2.38. The van der Waals surface area contributed by atoms with E-state index in [2.05, 4.69) is 28.3 Å². The Morgan fingerprint density at radius 2 is 1.75 bits per heavy atom. The van der Waals surface area contributed by atoms with Gasteiger partial charge in [0.1, 0.15) is 5.82 Å². The molecule has 3 aromatic rings. The molecule has 168 valence electrons. The molecule has 0 saturated carbocycles. The van der Waals surface area contributed by atoms with Crippen molar-refractivity contribution in [2.45, 2.75) is 38.3 Å². The van der Waals surface area contributed by atoms with E-state index in [0.717, 1.165) is 16.6 Å². The van der Waals surface area contributed by atoms with Gasteiger partial charge in [-0.25, -0.2) is 0 Å². The fraction of sp³-hybridized carbons (Fsp3) is 0.455. The minimum absolute atomic E-state index is 0.0455. The van der Waals surface area contributed by atoms with Crippen molar-refractivity contribution >= 4 is 23.1 Å². The number of para-hydroxylation sites is 1. The molecule has 1 amide bonds. The second-order valence-electron chi connectivity index (χ2n) is 8.48. The van der Waals surface area contributed by atoms with Gasteiger partial charge in [0, 0.05) is 31.2 Å². The van der Waals surface area contributed by atoms with E-state index in [1.54, 1.807) is 6.07 Å². The lowest BCUT2D eigenvalue weighted by atomic mass is 9.89. The number of rotatable bonds is 2. The van der Waals surface area contributed by atoms with Crippen molar-refractivity contribution in [2.24, 2.45) is 5.92 Å². The van der Waals surface area contributed by atoms with E-state index in [4.69, 9.17) is 0 Å². The summed E-state index contributed by atoms with van der Waals surface area (Å²) < 4.78 is 40.2. The lowest BCUT2D eigenvalue weighted by molar-refractivity contribution is -0.146. The topological polar surface area (TPSA) is 66.6 Å². The summed E-state index contributed by atoms with van der Waals surface area (Å²) in [5.74, 6) is -0.275. The van der Waals surface area contributed by atoms with E-state index in [-0.39, 0.29) is 17.5 Å². The molecular weight excluding hydrogens is 421 g/mol. The maximum Gasteiger partial charge on any atom is 0.453 e. The Balaban J connectivity index is 1.31. The van der Waals surface area contributed by atoms with Crippen LogP contribution in [0.5, 0.6) is 0 Å². The Hall–Kier alpha value is -3.17. The zero-order chi connectivity index (χ0) is 22.5. The first-order valence-corrected chi connectivity index (χ1v) is 10.8. The van der Waals surface area contributed by atoms with E-state index >= 15 is 0 Å². The predicted molar refractivity (Wildman–Crippen MR) is 113 cm³/mol. The molecule has 7 nitrogen and oxygen atoms in total. The maximum atomic E-state index is 13.3. The molecule has 0 aliphatic carbocycles. The van der Waals surface area contributed by atoms with Crippen LogP contribution in [0.3, 0.4) is 0 Å². The third-order valence-corrected chi connectivity index (χ3v) is 6.48.